The average Bonchev–Trinajstić information content (AvgIpc) is 2.65. The second kappa shape index (κ2) is 10.7. The average molecular weight is 390 g/mol. The summed E-state index contributed by atoms with van der Waals surface area (Å²) < 4.78 is 10.9. The van der Waals surface area contributed by atoms with Crippen LogP contribution in [0.2, 0.25) is 0 Å². The van der Waals surface area contributed by atoms with E-state index in [9.17, 15) is 9.59 Å². The van der Waals surface area contributed by atoms with Crippen LogP contribution in [0.3, 0.4) is 0 Å². The van der Waals surface area contributed by atoms with Gasteiger partial charge < -0.3 is 14.8 Å². The molecule has 2 rings (SSSR count). The third kappa shape index (κ3) is 8.39. The van der Waals surface area contributed by atoms with Gasteiger partial charge in [-0.1, -0.05) is 30.3 Å². The lowest BCUT2D eigenvalue weighted by molar-refractivity contribution is -0.125. The zero-order valence-electron chi connectivity index (χ0n) is 16.8. The van der Waals surface area contributed by atoms with Gasteiger partial charge in [-0.3, -0.25) is 20.6 Å². The summed E-state index contributed by atoms with van der Waals surface area (Å²) in [6.45, 7) is 6.37. The predicted molar refractivity (Wildman–Crippen MR) is 107 cm³/mol. The second-order valence-electron chi connectivity index (χ2n) is 7.60. The molecule has 3 N–H and O–H groups in total. The van der Waals surface area contributed by atoms with Crippen molar-refractivity contribution in [2.24, 2.45) is 4.99 Å². The number of benzene rings is 1. The first kappa shape index (κ1) is 21.7. The minimum atomic E-state index is -0.907. The Morgan fingerprint density at radius 2 is 1.93 bits per heavy atom. The zero-order chi connectivity index (χ0) is 20.4. The van der Waals surface area contributed by atoms with Crippen LogP contribution in [0.1, 0.15) is 45.6 Å². The molecule has 1 aliphatic heterocycles. The molecule has 0 aliphatic carbocycles. The SMILES string of the molecule is CC(C)(C)OC(=O)N[C@H](COCc1ccccc1)C(=O)NNC1=NCCCC1. The van der Waals surface area contributed by atoms with E-state index in [1.165, 1.54) is 0 Å². The highest BCUT2D eigenvalue weighted by molar-refractivity contribution is 5.89. The van der Waals surface area contributed by atoms with Crippen LogP contribution in [-0.4, -0.2) is 42.6 Å². The smallest absolute Gasteiger partial charge is 0.408 e. The predicted octanol–water partition coefficient (Wildman–Crippen LogP) is 2.30. The molecule has 1 heterocycles. The molecule has 8 nitrogen and oxygen atoms in total. The van der Waals surface area contributed by atoms with Gasteiger partial charge in [-0.15, -0.1) is 0 Å². The summed E-state index contributed by atoms with van der Waals surface area (Å²) in [6, 6.07) is 8.70. The van der Waals surface area contributed by atoms with Crippen LogP contribution in [0.5, 0.6) is 0 Å². The van der Waals surface area contributed by atoms with E-state index in [0.29, 0.717) is 6.61 Å². The molecule has 0 aromatic heterocycles. The van der Waals surface area contributed by atoms with Gasteiger partial charge in [0.1, 0.15) is 17.5 Å². The number of aliphatic imine (C=N–C) groups is 1. The molecule has 0 radical (unpaired) electrons. The van der Waals surface area contributed by atoms with Crippen LogP contribution < -0.4 is 16.2 Å². The Bertz CT molecular complexity index is 671. The number of amidine groups is 1. The van der Waals surface area contributed by atoms with E-state index < -0.39 is 23.6 Å². The van der Waals surface area contributed by atoms with E-state index in [1.807, 2.05) is 30.3 Å². The van der Waals surface area contributed by atoms with Gasteiger partial charge in [-0.25, -0.2) is 4.79 Å². The van der Waals surface area contributed by atoms with Crippen LogP contribution >= 0.6 is 0 Å². The van der Waals surface area contributed by atoms with Crippen LogP contribution in [0.25, 0.3) is 0 Å². The molecule has 0 fully saturated rings. The number of carbonyl (C=O) groups is 2. The fourth-order valence-electron chi connectivity index (χ4n) is 2.52. The Kier molecular flexibility index (Phi) is 8.25. The molecule has 1 aromatic rings. The topological polar surface area (TPSA) is 101 Å². The number of hydrazine groups is 1. The number of alkyl carbamates (subject to hydrolysis) is 1. The highest BCUT2D eigenvalue weighted by Crippen LogP contribution is 2.07. The number of nitrogens with one attached hydrogen (secondary N) is 3. The first-order valence-electron chi connectivity index (χ1n) is 9.54. The van der Waals surface area contributed by atoms with Crippen molar-refractivity contribution in [1.29, 1.82) is 0 Å². The van der Waals surface area contributed by atoms with Gasteiger partial charge >= 0.3 is 6.09 Å². The molecular weight excluding hydrogens is 360 g/mol. The van der Waals surface area contributed by atoms with Crippen molar-refractivity contribution < 1.29 is 19.1 Å². The maximum absolute atomic E-state index is 12.6. The van der Waals surface area contributed by atoms with Gasteiger partial charge in [0.15, 0.2) is 0 Å². The Morgan fingerprint density at radius 3 is 2.57 bits per heavy atom. The number of hydrogen-bond acceptors (Lipinski definition) is 6. The van der Waals surface area contributed by atoms with Gasteiger partial charge in [0.2, 0.25) is 0 Å². The second-order valence-corrected chi connectivity index (χ2v) is 7.60. The lowest BCUT2D eigenvalue weighted by Crippen LogP contribution is -2.54. The van der Waals surface area contributed by atoms with E-state index in [1.54, 1.807) is 20.8 Å². The van der Waals surface area contributed by atoms with Crippen LogP contribution in [-0.2, 0) is 20.9 Å². The summed E-state index contributed by atoms with van der Waals surface area (Å²) in [6.07, 6.45) is 2.19. The number of amides is 2. The van der Waals surface area contributed by atoms with Gasteiger partial charge in [-0.2, -0.15) is 0 Å². The van der Waals surface area contributed by atoms with E-state index in [2.05, 4.69) is 21.2 Å². The Morgan fingerprint density at radius 1 is 1.18 bits per heavy atom. The summed E-state index contributed by atoms with van der Waals surface area (Å²) in [4.78, 5) is 29.0. The summed E-state index contributed by atoms with van der Waals surface area (Å²) in [5.41, 5.74) is 5.75. The molecule has 0 spiro atoms. The maximum Gasteiger partial charge on any atom is 0.408 e. The molecule has 28 heavy (non-hydrogen) atoms. The quantitative estimate of drug-likeness (QED) is 0.647. The van der Waals surface area contributed by atoms with Crippen molar-refractivity contribution >= 4 is 17.8 Å². The number of nitrogens with zero attached hydrogens (tertiary/aromatic N) is 1. The van der Waals surface area contributed by atoms with Crippen LogP contribution in [0.4, 0.5) is 4.79 Å². The minimum absolute atomic E-state index is 0.00806. The van der Waals surface area contributed by atoms with E-state index >= 15 is 0 Å². The standard InChI is InChI=1S/C20H30N4O4/c1-20(2,3)28-19(26)22-16(14-27-13-15-9-5-4-6-10-15)18(25)24-23-17-11-7-8-12-21-17/h4-6,9-10,16H,7-8,11-14H2,1-3H3,(H,21,23)(H,22,26)(H,24,25)/t16-/m1/s1. The zero-order valence-corrected chi connectivity index (χ0v) is 16.8. The molecule has 0 bridgehead atoms. The summed E-state index contributed by atoms with van der Waals surface area (Å²) in [5, 5.41) is 2.57. The van der Waals surface area contributed by atoms with Crippen molar-refractivity contribution in [2.75, 3.05) is 13.2 Å². The molecule has 2 amide bonds. The third-order valence-electron chi connectivity index (χ3n) is 3.86. The largest absolute Gasteiger partial charge is 0.444 e. The Balaban J connectivity index is 1.90. The molecular formula is C20H30N4O4. The van der Waals surface area contributed by atoms with Crippen LogP contribution in [0, 0.1) is 0 Å². The first-order valence-corrected chi connectivity index (χ1v) is 9.54. The molecule has 0 saturated heterocycles. The number of ether oxygens (including phenoxy) is 2. The third-order valence-corrected chi connectivity index (χ3v) is 3.86. The van der Waals surface area contributed by atoms with Crippen molar-refractivity contribution in [1.82, 2.24) is 16.2 Å². The minimum Gasteiger partial charge on any atom is -0.444 e. The number of hydrogen-bond donors (Lipinski definition) is 3. The number of rotatable bonds is 6. The van der Waals surface area contributed by atoms with Gasteiger partial charge in [-0.05, 0) is 39.2 Å². The summed E-state index contributed by atoms with van der Waals surface area (Å²) in [5.74, 6) is 0.313. The maximum atomic E-state index is 12.6. The van der Waals surface area contributed by atoms with E-state index in [-0.39, 0.29) is 6.61 Å². The van der Waals surface area contributed by atoms with Crippen molar-refractivity contribution in [3.63, 3.8) is 0 Å². The fourth-order valence-corrected chi connectivity index (χ4v) is 2.52. The van der Waals surface area contributed by atoms with Gasteiger partial charge in [0, 0.05) is 13.0 Å². The lowest BCUT2D eigenvalue weighted by Gasteiger charge is -2.24. The highest BCUT2D eigenvalue weighted by atomic mass is 16.6. The van der Waals surface area contributed by atoms with Crippen LogP contribution in [0.15, 0.2) is 35.3 Å². The lowest BCUT2D eigenvalue weighted by atomic mass is 10.2. The number of carbonyl (C=O) groups excluding carboxylic acids is 2. The summed E-state index contributed by atoms with van der Waals surface area (Å²) in [7, 11) is 0. The monoisotopic (exact) mass is 390 g/mol. The molecule has 1 aromatic carbocycles. The Labute approximate surface area is 166 Å². The molecule has 0 saturated carbocycles. The van der Waals surface area contributed by atoms with E-state index in [0.717, 1.165) is 37.2 Å². The molecule has 1 aliphatic rings. The molecule has 1 atom stereocenters. The van der Waals surface area contributed by atoms with Gasteiger partial charge in [0.25, 0.3) is 5.91 Å². The van der Waals surface area contributed by atoms with Gasteiger partial charge in [0.05, 0.1) is 13.2 Å². The molecule has 0 unspecified atom stereocenters. The normalized spacial score (nSPS) is 15.2. The van der Waals surface area contributed by atoms with Crippen molar-refractivity contribution in [3.8, 4) is 0 Å². The highest BCUT2D eigenvalue weighted by Gasteiger charge is 2.25. The van der Waals surface area contributed by atoms with E-state index in [4.69, 9.17) is 9.47 Å². The fraction of sp³-hybridized carbons (Fsp3) is 0.550. The Hall–Kier alpha value is -2.61. The molecule has 154 valence electrons. The summed E-state index contributed by atoms with van der Waals surface area (Å²) >= 11 is 0. The van der Waals surface area contributed by atoms with Crippen molar-refractivity contribution in [3.05, 3.63) is 35.9 Å². The first-order chi connectivity index (χ1) is 13.3. The van der Waals surface area contributed by atoms with Crippen molar-refractivity contribution in [2.45, 2.75) is 58.3 Å². The molecule has 8 heteroatoms.